The Morgan fingerprint density at radius 2 is 2.00 bits per heavy atom. The van der Waals surface area contributed by atoms with Crippen molar-refractivity contribution in [2.45, 2.75) is 34.6 Å². The normalized spacial score (nSPS) is 11.9. The largest absolute Gasteiger partial charge is 0.493 e. The van der Waals surface area contributed by atoms with Gasteiger partial charge in [-0.3, -0.25) is 0 Å². The smallest absolute Gasteiger partial charge is 0.122 e. The van der Waals surface area contributed by atoms with E-state index in [1.54, 1.807) is 0 Å². The summed E-state index contributed by atoms with van der Waals surface area (Å²) in [5, 5.41) is 4.24. The van der Waals surface area contributed by atoms with E-state index in [4.69, 9.17) is 16.3 Å². The number of rotatable bonds is 7. The number of aryl methyl sites for hydroxylation is 1. The minimum absolute atomic E-state index is 0.112. The maximum atomic E-state index is 5.94. The van der Waals surface area contributed by atoms with Gasteiger partial charge in [0, 0.05) is 17.0 Å². The van der Waals surface area contributed by atoms with Gasteiger partial charge in [-0.1, -0.05) is 39.3 Å². The second-order valence-corrected chi connectivity index (χ2v) is 6.82. The van der Waals surface area contributed by atoms with E-state index < -0.39 is 0 Å². The lowest BCUT2D eigenvalue weighted by molar-refractivity contribution is 0.174. The van der Waals surface area contributed by atoms with Gasteiger partial charge in [-0.05, 0) is 43.1 Å². The van der Waals surface area contributed by atoms with Crippen molar-refractivity contribution in [1.82, 2.24) is 5.32 Å². The van der Waals surface area contributed by atoms with Gasteiger partial charge in [0.15, 0.2) is 0 Å². The average molecular weight is 284 g/mol. The molecule has 2 nitrogen and oxygen atoms in total. The van der Waals surface area contributed by atoms with Crippen LogP contribution in [0, 0.1) is 18.3 Å². The highest BCUT2D eigenvalue weighted by atomic mass is 35.5. The topological polar surface area (TPSA) is 21.3 Å². The highest BCUT2D eigenvalue weighted by Crippen LogP contribution is 2.24. The van der Waals surface area contributed by atoms with Crippen molar-refractivity contribution in [2.24, 2.45) is 11.3 Å². The first kappa shape index (κ1) is 16.3. The molecule has 0 aliphatic rings. The van der Waals surface area contributed by atoms with Crippen molar-refractivity contribution in [3.05, 3.63) is 28.8 Å². The van der Waals surface area contributed by atoms with E-state index in [9.17, 15) is 0 Å². The van der Waals surface area contributed by atoms with E-state index in [1.165, 1.54) is 0 Å². The van der Waals surface area contributed by atoms with Gasteiger partial charge < -0.3 is 10.1 Å². The van der Waals surface area contributed by atoms with Crippen molar-refractivity contribution >= 4 is 11.6 Å². The van der Waals surface area contributed by atoms with Crippen molar-refractivity contribution in [3.63, 3.8) is 0 Å². The van der Waals surface area contributed by atoms with Crippen molar-refractivity contribution < 1.29 is 4.74 Å². The molecule has 0 radical (unpaired) electrons. The molecular formula is C16H26ClNO. The van der Waals surface area contributed by atoms with Crippen LogP contribution in [0.15, 0.2) is 18.2 Å². The fraction of sp³-hybridized carbons (Fsp3) is 0.625. The number of halogens is 1. The lowest BCUT2D eigenvalue weighted by Crippen LogP contribution is -2.35. The van der Waals surface area contributed by atoms with Crippen LogP contribution in [-0.2, 0) is 0 Å². The van der Waals surface area contributed by atoms with Crippen LogP contribution in [0.2, 0.25) is 5.02 Å². The standard InChI is InChI=1S/C16H26ClNO/c1-12(2)9-18-10-16(4,5)11-19-15-7-6-14(17)8-13(15)3/h6-8,12,18H,9-11H2,1-5H3. The SMILES string of the molecule is Cc1cc(Cl)ccc1OCC(C)(C)CNCC(C)C. The van der Waals surface area contributed by atoms with Gasteiger partial charge in [0.25, 0.3) is 0 Å². The van der Waals surface area contributed by atoms with E-state index in [0.717, 1.165) is 29.4 Å². The minimum atomic E-state index is 0.112. The zero-order valence-corrected chi connectivity index (χ0v) is 13.5. The number of ether oxygens (including phenoxy) is 1. The number of hydrogen-bond acceptors (Lipinski definition) is 2. The van der Waals surface area contributed by atoms with E-state index >= 15 is 0 Å². The Balaban J connectivity index is 2.45. The molecule has 1 rings (SSSR count). The Morgan fingerprint density at radius 3 is 2.58 bits per heavy atom. The molecule has 0 aliphatic heterocycles. The molecule has 0 aliphatic carbocycles. The molecule has 0 aromatic heterocycles. The van der Waals surface area contributed by atoms with Gasteiger partial charge in [-0.25, -0.2) is 0 Å². The van der Waals surface area contributed by atoms with Crippen molar-refractivity contribution in [2.75, 3.05) is 19.7 Å². The highest BCUT2D eigenvalue weighted by Gasteiger charge is 2.19. The molecular weight excluding hydrogens is 258 g/mol. The lowest BCUT2D eigenvalue weighted by Gasteiger charge is -2.26. The van der Waals surface area contributed by atoms with Gasteiger partial charge in [0.05, 0.1) is 6.61 Å². The van der Waals surface area contributed by atoms with E-state index in [2.05, 4.69) is 33.0 Å². The summed E-state index contributed by atoms with van der Waals surface area (Å²) in [5.41, 5.74) is 1.19. The summed E-state index contributed by atoms with van der Waals surface area (Å²) in [5.74, 6) is 1.59. The zero-order chi connectivity index (χ0) is 14.5. The summed E-state index contributed by atoms with van der Waals surface area (Å²) in [4.78, 5) is 0. The fourth-order valence-corrected chi connectivity index (χ4v) is 2.02. The molecule has 0 spiro atoms. The van der Waals surface area contributed by atoms with Crippen LogP contribution >= 0.6 is 11.6 Å². The van der Waals surface area contributed by atoms with Crippen LogP contribution < -0.4 is 10.1 Å². The second-order valence-electron chi connectivity index (χ2n) is 6.39. The molecule has 0 saturated carbocycles. The van der Waals surface area contributed by atoms with Crippen molar-refractivity contribution in [3.8, 4) is 5.75 Å². The molecule has 0 bridgehead atoms. The van der Waals surface area contributed by atoms with Gasteiger partial charge >= 0.3 is 0 Å². The van der Waals surface area contributed by atoms with E-state index in [1.807, 2.05) is 25.1 Å². The lowest BCUT2D eigenvalue weighted by atomic mass is 9.94. The van der Waals surface area contributed by atoms with Crippen LogP contribution in [0.4, 0.5) is 0 Å². The molecule has 3 heteroatoms. The summed E-state index contributed by atoms with van der Waals surface area (Å²) in [6, 6.07) is 5.74. The van der Waals surface area contributed by atoms with Crippen LogP contribution in [0.1, 0.15) is 33.3 Å². The van der Waals surface area contributed by atoms with Crippen LogP contribution in [0.5, 0.6) is 5.75 Å². The summed E-state index contributed by atoms with van der Waals surface area (Å²) >= 11 is 5.94. The monoisotopic (exact) mass is 283 g/mol. The quantitative estimate of drug-likeness (QED) is 0.806. The molecule has 0 fully saturated rings. The summed E-state index contributed by atoms with van der Waals surface area (Å²) in [6.45, 7) is 13.6. The molecule has 0 amide bonds. The Kier molecular flexibility index (Phi) is 6.15. The number of benzene rings is 1. The third-order valence-electron chi connectivity index (χ3n) is 2.91. The first-order valence-electron chi connectivity index (χ1n) is 6.90. The second kappa shape index (κ2) is 7.16. The van der Waals surface area contributed by atoms with Gasteiger partial charge in [-0.2, -0.15) is 0 Å². The highest BCUT2D eigenvalue weighted by molar-refractivity contribution is 6.30. The molecule has 0 unspecified atom stereocenters. The summed E-state index contributed by atoms with van der Waals surface area (Å²) < 4.78 is 5.92. The molecule has 0 heterocycles. The predicted octanol–water partition coefficient (Wildman–Crippen LogP) is 4.30. The molecule has 1 aromatic rings. The van der Waals surface area contributed by atoms with Crippen molar-refractivity contribution in [1.29, 1.82) is 0 Å². The zero-order valence-electron chi connectivity index (χ0n) is 12.7. The van der Waals surface area contributed by atoms with Crippen LogP contribution in [0.25, 0.3) is 0 Å². The first-order chi connectivity index (χ1) is 8.80. The molecule has 108 valence electrons. The number of nitrogens with one attached hydrogen (secondary N) is 1. The summed E-state index contributed by atoms with van der Waals surface area (Å²) in [6.07, 6.45) is 0. The third kappa shape index (κ3) is 6.31. The van der Waals surface area contributed by atoms with Crippen LogP contribution in [0.3, 0.4) is 0 Å². The average Bonchev–Trinajstić information content (AvgIpc) is 2.27. The molecule has 1 N–H and O–H groups in total. The maximum Gasteiger partial charge on any atom is 0.122 e. The van der Waals surface area contributed by atoms with E-state index in [-0.39, 0.29) is 5.41 Å². The molecule has 1 aromatic carbocycles. The Morgan fingerprint density at radius 1 is 1.32 bits per heavy atom. The molecule has 19 heavy (non-hydrogen) atoms. The van der Waals surface area contributed by atoms with Gasteiger partial charge in [-0.15, -0.1) is 0 Å². The minimum Gasteiger partial charge on any atom is -0.493 e. The Bertz CT molecular complexity index is 402. The number of hydrogen-bond donors (Lipinski definition) is 1. The molecule has 0 atom stereocenters. The Hall–Kier alpha value is -0.730. The fourth-order valence-electron chi connectivity index (χ4n) is 1.80. The molecule has 0 saturated heterocycles. The first-order valence-corrected chi connectivity index (χ1v) is 7.27. The van der Waals surface area contributed by atoms with Gasteiger partial charge in [0.1, 0.15) is 5.75 Å². The van der Waals surface area contributed by atoms with Gasteiger partial charge in [0.2, 0.25) is 0 Å². The predicted molar refractivity (Wildman–Crippen MR) is 83.2 cm³/mol. The third-order valence-corrected chi connectivity index (χ3v) is 3.15. The summed E-state index contributed by atoms with van der Waals surface area (Å²) in [7, 11) is 0. The van der Waals surface area contributed by atoms with E-state index in [0.29, 0.717) is 12.5 Å². The Labute approximate surface area is 122 Å². The van der Waals surface area contributed by atoms with Crippen LogP contribution in [-0.4, -0.2) is 19.7 Å². The maximum absolute atomic E-state index is 5.94.